The highest BCUT2D eigenvalue weighted by Gasteiger charge is 2.20. The fourth-order valence-electron chi connectivity index (χ4n) is 4.58. The van der Waals surface area contributed by atoms with Gasteiger partial charge in [0.25, 0.3) is 11.8 Å². The largest absolute Gasteiger partial charge is 0.394 e. The quantitative estimate of drug-likeness (QED) is 0.429. The Bertz CT molecular complexity index is 1140. The normalized spacial score (nSPS) is 15.3. The summed E-state index contributed by atoms with van der Waals surface area (Å²) in [6, 6.07) is 17.6. The maximum Gasteiger partial charge on any atom is 0.251 e. The van der Waals surface area contributed by atoms with Crippen LogP contribution in [0.4, 0.5) is 0 Å². The molecule has 1 aliphatic heterocycles. The second-order valence-corrected chi connectivity index (χ2v) is 9.23. The molecular weight excluding hydrogens is 452 g/mol. The van der Waals surface area contributed by atoms with E-state index >= 15 is 0 Å². The van der Waals surface area contributed by atoms with Crippen LogP contribution in [0.1, 0.15) is 52.1 Å². The van der Waals surface area contributed by atoms with Gasteiger partial charge in [-0.05, 0) is 91.5 Å². The fourth-order valence-corrected chi connectivity index (χ4v) is 4.58. The van der Waals surface area contributed by atoms with Crippen LogP contribution >= 0.6 is 0 Å². The molecule has 0 spiro atoms. The van der Waals surface area contributed by atoms with Gasteiger partial charge in [-0.2, -0.15) is 0 Å². The van der Waals surface area contributed by atoms with Crippen molar-refractivity contribution in [2.75, 3.05) is 32.8 Å². The summed E-state index contributed by atoms with van der Waals surface area (Å²) in [6.45, 7) is 5.80. The molecule has 1 saturated heterocycles. The summed E-state index contributed by atoms with van der Waals surface area (Å²) in [6.07, 6.45) is 5.64. The number of aliphatic hydroxyl groups is 1. The van der Waals surface area contributed by atoms with Gasteiger partial charge in [0.15, 0.2) is 0 Å². The minimum absolute atomic E-state index is 0.135. The predicted molar refractivity (Wildman–Crippen MR) is 141 cm³/mol. The van der Waals surface area contributed by atoms with Crippen molar-refractivity contribution in [1.29, 1.82) is 0 Å². The van der Waals surface area contributed by atoms with E-state index in [4.69, 9.17) is 0 Å². The minimum atomic E-state index is -0.622. The number of likely N-dealkylation sites (tertiary alicyclic amines) is 1. The maximum atomic E-state index is 12.9. The van der Waals surface area contributed by atoms with Gasteiger partial charge < -0.3 is 20.6 Å². The van der Waals surface area contributed by atoms with E-state index < -0.39 is 6.04 Å². The number of carbonyl (C=O) groups excluding carboxylic acids is 2. The van der Waals surface area contributed by atoms with Crippen molar-refractivity contribution in [2.45, 2.75) is 25.8 Å². The second-order valence-electron chi connectivity index (χ2n) is 9.23. The number of rotatable bonds is 9. The van der Waals surface area contributed by atoms with Crippen molar-refractivity contribution >= 4 is 11.8 Å². The number of carbonyl (C=O) groups is 2. The Kier molecular flexibility index (Phi) is 8.81. The summed E-state index contributed by atoms with van der Waals surface area (Å²) in [5.74, 6) is 0.0717. The van der Waals surface area contributed by atoms with E-state index in [2.05, 4.69) is 27.4 Å². The lowest BCUT2D eigenvalue weighted by Crippen LogP contribution is -2.38. The maximum absolute atomic E-state index is 12.9. The Balaban J connectivity index is 1.35. The molecule has 0 unspecified atom stereocenters. The predicted octanol–water partition coefficient (Wildman–Crippen LogP) is 3.67. The van der Waals surface area contributed by atoms with E-state index in [0.29, 0.717) is 29.2 Å². The molecule has 0 radical (unpaired) electrons. The van der Waals surface area contributed by atoms with Crippen LogP contribution in [0, 0.1) is 5.92 Å². The van der Waals surface area contributed by atoms with Gasteiger partial charge in [0, 0.05) is 30.1 Å². The summed E-state index contributed by atoms with van der Waals surface area (Å²) in [5.41, 5.74) is 3.71. The van der Waals surface area contributed by atoms with Crippen molar-refractivity contribution in [1.82, 2.24) is 20.5 Å². The van der Waals surface area contributed by atoms with E-state index in [1.54, 1.807) is 42.7 Å². The first kappa shape index (κ1) is 25.5. The van der Waals surface area contributed by atoms with Crippen LogP contribution in [-0.2, 0) is 0 Å². The lowest BCUT2D eigenvalue weighted by Gasteiger charge is -2.31. The van der Waals surface area contributed by atoms with Gasteiger partial charge in [-0.3, -0.25) is 14.6 Å². The zero-order chi connectivity index (χ0) is 25.3. The Morgan fingerprint density at radius 2 is 1.67 bits per heavy atom. The molecule has 0 aliphatic carbocycles. The third-order valence-corrected chi connectivity index (χ3v) is 6.91. The molecule has 36 heavy (non-hydrogen) atoms. The van der Waals surface area contributed by atoms with Crippen molar-refractivity contribution in [3.8, 4) is 11.1 Å². The summed E-state index contributed by atoms with van der Waals surface area (Å²) in [5, 5.41) is 15.9. The molecule has 7 heteroatoms. The molecule has 188 valence electrons. The molecule has 3 aromatic rings. The van der Waals surface area contributed by atoms with Crippen LogP contribution in [0.2, 0.25) is 0 Å². The van der Waals surface area contributed by atoms with E-state index in [1.165, 1.54) is 0 Å². The van der Waals surface area contributed by atoms with Crippen LogP contribution in [0.3, 0.4) is 0 Å². The smallest absolute Gasteiger partial charge is 0.251 e. The molecule has 1 atom stereocenters. The van der Waals surface area contributed by atoms with Crippen LogP contribution in [0.15, 0.2) is 73.1 Å². The van der Waals surface area contributed by atoms with Crippen molar-refractivity contribution in [2.24, 2.45) is 5.92 Å². The van der Waals surface area contributed by atoms with Gasteiger partial charge in [-0.25, -0.2) is 0 Å². The van der Waals surface area contributed by atoms with Gasteiger partial charge in [0.1, 0.15) is 0 Å². The Morgan fingerprint density at radius 3 is 2.33 bits per heavy atom. The lowest BCUT2D eigenvalue weighted by atomic mass is 9.96. The Morgan fingerprint density at radius 1 is 0.972 bits per heavy atom. The number of piperidine rings is 1. The number of aromatic nitrogens is 1. The summed E-state index contributed by atoms with van der Waals surface area (Å²) < 4.78 is 0. The van der Waals surface area contributed by atoms with E-state index in [1.807, 2.05) is 30.3 Å². The Hall–Kier alpha value is -3.55. The molecule has 2 heterocycles. The van der Waals surface area contributed by atoms with Crippen molar-refractivity contribution < 1.29 is 14.7 Å². The monoisotopic (exact) mass is 486 g/mol. The highest BCUT2D eigenvalue weighted by molar-refractivity contribution is 5.95. The minimum Gasteiger partial charge on any atom is -0.394 e. The molecule has 1 aliphatic rings. The molecule has 7 nitrogen and oxygen atoms in total. The standard InChI is InChI=1S/C29H34N4O3/c1-2-33-16-12-21(13-17-33)19-31-28(35)26-5-3-4-25(18-26)27(20-34)32-29(36)24-8-6-22(7-9-24)23-10-14-30-15-11-23/h3-11,14-15,18,21,27,34H,2,12-13,16-17,19-20H2,1H3,(H,31,35)(H,32,36)/t27-/m1/s1. The number of hydrogen-bond donors (Lipinski definition) is 3. The first-order valence-electron chi connectivity index (χ1n) is 12.6. The van der Waals surface area contributed by atoms with Gasteiger partial charge >= 0.3 is 0 Å². The first-order chi connectivity index (χ1) is 17.6. The molecule has 0 bridgehead atoms. The molecule has 2 amide bonds. The zero-order valence-corrected chi connectivity index (χ0v) is 20.7. The SMILES string of the molecule is CCN1CCC(CNC(=O)c2cccc([C@@H](CO)NC(=O)c3ccc(-c4ccncc4)cc3)c2)CC1. The summed E-state index contributed by atoms with van der Waals surface area (Å²) >= 11 is 0. The van der Waals surface area contributed by atoms with Crippen LogP contribution in [-0.4, -0.2) is 59.6 Å². The topological polar surface area (TPSA) is 94.6 Å². The number of nitrogens with zero attached hydrogens (tertiary/aromatic N) is 2. The third-order valence-electron chi connectivity index (χ3n) is 6.91. The summed E-state index contributed by atoms with van der Waals surface area (Å²) in [7, 11) is 0. The van der Waals surface area contributed by atoms with Gasteiger partial charge in [0.05, 0.1) is 12.6 Å². The number of nitrogens with one attached hydrogen (secondary N) is 2. The highest BCUT2D eigenvalue weighted by Crippen LogP contribution is 2.20. The van der Waals surface area contributed by atoms with Crippen molar-refractivity contribution in [3.63, 3.8) is 0 Å². The molecule has 0 saturated carbocycles. The molecule has 2 aromatic carbocycles. The van der Waals surface area contributed by atoms with Crippen molar-refractivity contribution in [3.05, 3.63) is 89.7 Å². The molecule has 1 aromatic heterocycles. The van der Waals surface area contributed by atoms with E-state index in [0.717, 1.165) is 43.6 Å². The Labute approximate surface area is 212 Å². The van der Waals surface area contributed by atoms with Gasteiger partial charge in [-0.15, -0.1) is 0 Å². The van der Waals surface area contributed by atoms with Crippen LogP contribution in [0.5, 0.6) is 0 Å². The average Bonchev–Trinajstić information content (AvgIpc) is 2.95. The molecule has 3 N–H and O–H groups in total. The average molecular weight is 487 g/mol. The molecular formula is C29H34N4O3. The number of benzene rings is 2. The van der Waals surface area contributed by atoms with Crippen LogP contribution in [0.25, 0.3) is 11.1 Å². The molecule has 1 fully saturated rings. The zero-order valence-electron chi connectivity index (χ0n) is 20.7. The third kappa shape index (κ3) is 6.56. The van der Waals surface area contributed by atoms with E-state index in [9.17, 15) is 14.7 Å². The van der Waals surface area contributed by atoms with Crippen LogP contribution < -0.4 is 10.6 Å². The number of hydrogen-bond acceptors (Lipinski definition) is 5. The second kappa shape index (κ2) is 12.4. The fraction of sp³-hybridized carbons (Fsp3) is 0.345. The van der Waals surface area contributed by atoms with E-state index in [-0.39, 0.29) is 18.4 Å². The van der Waals surface area contributed by atoms with Gasteiger partial charge in [0.2, 0.25) is 0 Å². The summed E-state index contributed by atoms with van der Waals surface area (Å²) in [4.78, 5) is 32.1. The highest BCUT2D eigenvalue weighted by atomic mass is 16.3. The number of amides is 2. The number of aliphatic hydroxyl groups excluding tert-OH is 1. The number of pyridine rings is 1. The molecule has 4 rings (SSSR count). The first-order valence-corrected chi connectivity index (χ1v) is 12.6. The lowest BCUT2D eigenvalue weighted by molar-refractivity contribution is 0.0915. The van der Waals surface area contributed by atoms with Gasteiger partial charge in [-0.1, -0.05) is 31.2 Å².